The fourth-order valence-electron chi connectivity index (χ4n) is 4.14. The molecule has 37 heavy (non-hydrogen) atoms. The van der Waals surface area contributed by atoms with Crippen molar-refractivity contribution in [3.05, 3.63) is 65.2 Å². The lowest BCUT2D eigenvalue weighted by atomic mass is 9.97. The number of aryl methyl sites for hydroxylation is 1. The van der Waals surface area contributed by atoms with Crippen LogP contribution < -0.4 is 10.6 Å². The number of rotatable bonds is 10. The van der Waals surface area contributed by atoms with Crippen LogP contribution in [0.2, 0.25) is 0 Å². The van der Waals surface area contributed by atoms with Gasteiger partial charge in [0, 0.05) is 19.5 Å². The molecule has 0 aliphatic rings. The second-order valence-corrected chi connectivity index (χ2v) is 10.5. The second-order valence-electron chi connectivity index (χ2n) is 10.5. The highest BCUT2D eigenvalue weighted by molar-refractivity contribution is 5.92. The molecule has 0 saturated carbocycles. The number of carbonyl (C=O) groups excluding carboxylic acids is 3. The van der Waals surface area contributed by atoms with E-state index in [1.54, 1.807) is 40.0 Å². The summed E-state index contributed by atoms with van der Waals surface area (Å²) in [5.74, 6) is -0.626. The second kappa shape index (κ2) is 13.1. The number of alkyl carbamates (subject to hydrolysis) is 1. The van der Waals surface area contributed by atoms with E-state index >= 15 is 0 Å². The summed E-state index contributed by atoms with van der Waals surface area (Å²) < 4.78 is 5.41. The van der Waals surface area contributed by atoms with Gasteiger partial charge < -0.3 is 25.4 Å². The van der Waals surface area contributed by atoms with Crippen molar-refractivity contribution in [2.24, 2.45) is 0 Å². The van der Waals surface area contributed by atoms with E-state index in [9.17, 15) is 19.5 Å². The molecule has 3 unspecified atom stereocenters. The minimum atomic E-state index is -1.00. The molecule has 2 aromatic carbocycles. The summed E-state index contributed by atoms with van der Waals surface area (Å²) in [6.45, 7) is 11.1. The van der Waals surface area contributed by atoms with Gasteiger partial charge in [0.25, 0.3) is 0 Å². The normalized spacial score (nSPS) is 13.7. The van der Waals surface area contributed by atoms with Crippen molar-refractivity contribution in [3.8, 4) is 5.75 Å². The predicted octanol–water partition coefficient (Wildman–Crippen LogP) is 4.64. The number of phenols is 1. The highest BCUT2D eigenvalue weighted by atomic mass is 16.6. The Morgan fingerprint density at radius 3 is 2.22 bits per heavy atom. The Balaban J connectivity index is 2.42. The van der Waals surface area contributed by atoms with Crippen LogP contribution in [0, 0.1) is 6.92 Å². The Kier molecular flexibility index (Phi) is 10.5. The molecular weight excluding hydrogens is 470 g/mol. The summed E-state index contributed by atoms with van der Waals surface area (Å²) in [7, 11) is 1.57. The molecule has 0 aromatic heterocycles. The first kappa shape index (κ1) is 29.7. The zero-order chi connectivity index (χ0) is 27.8. The molecule has 0 aliphatic heterocycles. The topological polar surface area (TPSA) is 108 Å². The Morgan fingerprint density at radius 2 is 1.65 bits per heavy atom. The van der Waals surface area contributed by atoms with Crippen LogP contribution in [0.15, 0.2) is 48.5 Å². The van der Waals surface area contributed by atoms with Gasteiger partial charge in [-0.25, -0.2) is 4.79 Å². The molecule has 8 heteroatoms. The third kappa shape index (κ3) is 9.12. The Hall–Kier alpha value is -3.55. The number of nitrogens with zero attached hydrogens (tertiary/aromatic N) is 1. The van der Waals surface area contributed by atoms with E-state index in [2.05, 4.69) is 10.6 Å². The van der Waals surface area contributed by atoms with Crippen molar-refractivity contribution in [1.82, 2.24) is 15.5 Å². The van der Waals surface area contributed by atoms with Crippen molar-refractivity contribution in [2.45, 2.75) is 84.5 Å². The number of benzene rings is 2. The van der Waals surface area contributed by atoms with Crippen molar-refractivity contribution >= 4 is 17.9 Å². The number of amides is 3. The van der Waals surface area contributed by atoms with Crippen molar-refractivity contribution in [2.75, 3.05) is 7.05 Å². The molecule has 3 amide bonds. The summed E-state index contributed by atoms with van der Waals surface area (Å²) in [6.07, 6.45) is 1.15. The third-order valence-electron chi connectivity index (χ3n) is 5.94. The molecule has 0 aliphatic carbocycles. The quantitative estimate of drug-likeness (QED) is 0.431. The summed E-state index contributed by atoms with van der Waals surface area (Å²) in [5, 5.41) is 15.4. The average molecular weight is 512 g/mol. The molecule has 3 atom stereocenters. The van der Waals surface area contributed by atoms with Crippen molar-refractivity contribution < 1.29 is 24.2 Å². The van der Waals surface area contributed by atoms with Crippen LogP contribution >= 0.6 is 0 Å². The number of likely N-dealkylation sites (N-methyl/N-ethyl adjacent to an activating group) is 1. The lowest BCUT2D eigenvalue weighted by molar-refractivity contribution is -0.141. The SMILES string of the molecule is CCCC(C)NC(=O)C(c1ccccc1C)N(C)C(=O)C(Cc1ccc(O)cc1)NC(=O)OC(C)(C)C. The average Bonchev–Trinajstić information content (AvgIpc) is 2.79. The molecule has 2 aromatic rings. The van der Waals surface area contributed by atoms with Gasteiger partial charge in [0.1, 0.15) is 23.4 Å². The Labute approximate surface area is 220 Å². The molecule has 0 spiro atoms. The van der Waals surface area contributed by atoms with Gasteiger partial charge in [-0.05, 0) is 69.9 Å². The largest absolute Gasteiger partial charge is 0.508 e. The summed E-state index contributed by atoms with van der Waals surface area (Å²) >= 11 is 0. The smallest absolute Gasteiger partial charge is 0.408 e. The maximum absolute atomic E-state index is 13.9. The van der Waals surface area contributed by atoms with E-state index in [1.807, 2.05) is 45.0 Å². The number of hydrogen-bond acceptors (Lipinski definition) is 5. The zero-order valence-corrected chi connectivity index (χ0v) is 23.0. The fraction of sp³-hybridized carbons (Fsp3) is 0.483. The van der Waals surface area contributed by atoms with E-state index in [-0.39, 0.29) is 24.1 Å². The number of phenolic OH excluding ortho intramolecular Hbond substituents is 1. The lowest BCUT2D eigenvalue weighted by Crippen LogP contribution is -2.53. The van der Waals surface area contributed by atoms with E-state index in [0.29, 0.717) is 5.56 Å². The van der Waals surface area contributed by atoms with Crippen LogP contribution in [-0.2, 0) is 20.7 Å². The first-order valence-electron chi connectivity index (χ1n) is 12.7. The number of hydrogen-bond donors (Lipinski definition) is 3. The third-order valence-corrected chi connectivity index (χ3v) is 5.94. The van der Waals surface area contributed by atoms with Gasteiger partial charge in [0.2, 0.25) is 11.8 Å². The molecular formula is C29H41N3O5. The van der Waals surface area contributed by atoms with Crippen LogP contribution in [0.25, 0.3) is 0 Å². The van der Waals surface area contributed by atoms with Crippen molar-refractivity contribution in [3.63, 3.8) is 0 Å². The van der Waals surface area contributed by atoms with Crippen molar-refractivity contribution in [1.29, 1.82) is 0 Å². The van der Waals surface area contributed by atoms with Gasteiger partial charge in [0.05, 0.1) is 0 Å². The molecule has 0 bridgehead atoms. The van der Waals surface area contributed by atoms with Gasteiger partial charge in [-0.3, -0.25) is 9.59 Å². The van der Waals surface area contributed by atoms with Gasteiger partial charge in [-0.15, -0.1) is 0 Å². The number of aromatic hydroxyl groups is 1. The molecule has 2 rings (SSSR count). The molecule has 0 radical (unpaired) electrons. The molecule has 0 heterocycles. The summed E-state index contributed by atoms with van der Waals surface area (Å²) in [4.78, 5) is 41.4. The molecule has 8 nitrogen and oxygen atoms in total. The minimum absolute atomic E-state index is 0.0554. The molecule has 0 fully saturated rings. The van der Waals surface area contributed by atoms with Gasteiger partial charge in [-0.1, -0.05) is 49.7 Å². The van der Waals surface area contributed by atoms with Crippen LogP contribution in [0.4, 0.5) is 4.79 Å². The molecule has 3 N–H and O–H groups in total. The first-order valence-corrected chi connectivity index (χ1v) is 12.7. The standard InChI is InChI=1S/C29H41N3O5/c1-8-11-20(3)30-26(34)25(23-13-10-9-12-19(23)2)32(7)27(35)24(31-28(36)37-29(4,5)6)18-21-14-16-22(33)17-15-21/h9-10,12-17,20,24-25,33H,8,11,18H2,1-7H3,(H,30,34)(H,31,36). The highest BCUT2D eigenvalue weighted by Crippen LogP contribution is 2.25. The Morgan fingerprint density at radius 1 is 1.03 bits per heavy atom. The highest BCUT2D eigenvalue weighted by Gasteiger charge is 2.35. The maximum Gasteiger partial charge on any atom is 0.408 e. The predicted molar refractivity (Wildman–Crippen MR) is 144 cm³/mol. The van der Waals surface area contributed by atoms with Crippen LogP contribution in [0.3, 0.4) is 0 Å². The zero-order valence-electron chi connectivity index (χ0n) is 23.0. The lowest BCUT2D eigenvalue weighted by Gasteiger charge is -2.33. The van der Waals surface area contributed by atoms with E-state index in [1.165, 1.54) is 17.0 Å². The van der Waals surface area contributed by atoms with Crippen LogP contribution in [0.1, 0.15) is 70.2 Å². The van der Waals surface area contributed by atoms with Crippen LogP contribution in [0.5, 0.6) is 5.75 Å². The number of nitrogens with one attached hydrogen (secondary N) is 2. The van der Waals surface area contributed by atoms with Gasteiger partial charge in [0.15, 0.2) is 0 Å². The Bertz CT molecular complexity index is 1060. The summed E-state index contributed by atoms with van der Waals surface area (Å²) in [5.41, 5.74) is 1.57. The number of ether oxygens (including phenoxy) is 1. The monoisotopic (exact) mass is 511 g/mol. The van der Waals surface area contributed by atoms with Gasteiger partial charge in [-0.2, -0.15) is 0 Å². The fourth-order valence-corrected chi connectivity index (χ4v) is 4.14. The van der Waals surface area contributed by atoms with Crippen LogP contribution in [-0.4, -0.2) is 52.6 Å². The minimum Gasteiger partial charge on any atom is -0.508 e. The molecule has 0 saturated heterocycles. The maximum atomic E-state index is 13.9. The van der Waals surface area contributed by atoms with E-state index in [4.69, 9.17) is 4.74 Å². The number of carbonyl (C=O) groups is 3. The summed E-state index contributed by atoms with van der Waals surface area (Å²) in [6, 6.07) is 11.9. The van der Waals surface area contributed by atoms with Gasteiger partial charge >= 0.3 is 6.09 Å². The first-order chi connectivity index (χ1) is 17.3. The van der Waals surface area contributed by atoms with E-state index < -0.39 is 29.7 Å². The molecule has 202 valence electrons. The van der Waals surface area contributed by atoms with E-state index in [0.717, 1.165) is 24.0 Å².